The number of rotatable bonds is 8. The Morgan fingerprint density at radius 2 is 2.17 bits per heavy atom. The maximum atomic E-state index is 11.7. The normalized spacial score (nSPS) is 12.2. The minimum absolute atomic E-state index is 0.0656. The lowest BCUT2D eigenvalue weighted by molar-refractivity contribution is -0.121. The standard InChI is InChI=1S/C17H19NO4S/c19-17(5-1-3-14-4-2-10-23-14)18-8-9-20-13-6-7-15-16(11-13)22-12-21-15/h2,4,6-7,10-11H,1,3,5,8-9,12H2,(H,18,19). The fraction of sp³-hybridized carbons (Fsp3) is 0.353. The van der Waals surface area contributed by atoms with Gasteiger partial charge in [-0.25, -0.2) is 0 Å². The van der Waals surface area contributed by atoms with E-state index in [1.165, 1.54) is 4.88 Å². The average molecular weight is 333 g/mol. The first kappa shape index (κ1) is 15.7. The van der Waals surface area contributed by atoms with Gasteiger partial charge in [0.15, 0.2) is 11.5 Å². The fourth-order valence-electron chi connectivity index (χ4n) is 2.29. The number of benzene rings is 1. The van der Waals surface area contributed by atoms with Gasteiger partial charge in [0.2, 0.25) is 12.7 Å². The topological polar surface area (TPSA) is 56.8 Å². The smallest absolute Gasteiger partial charge is 0.231 e. The molecule has 1 aromatic carbocycles. The summed E-state index contributed by atoms with van der Waals surface area (Å²) in [5, 5.41) is 4.93. The van der Waals surface area contributed by atoms with Crippen molar-refractivity contribution >= 4 is 17.2 Å². The second-order valence-corrected chi connectivity index (χ2v) is 6.18. The molecule has 6 heteroatoms. The van der Waals surface area contributed by atoms with E-state index in [1.807, 2.05) is 18.2 Å². The molecule has 5 nitrogen and oxygen atoms in total. The molecule has 0 saturated carbocycles. The highest BCUT2D eigenvalue weighted by molar-refractivity contribution is 7.09. The molecule has 0 spiro atoms. The predicted octanol–water partition coefficient (Wildman–Crippen LogP) is 2.99. The van der Waals surface area contributed by atoms with Gasteiger partial charge in [-0.2, -0.15) is 0 Å². The number of carbonyl (C=O) groups is 1. The zero-order chi connectivity index (χ0) is 15.9. The second-order valence-electron chi connectivity index (χ2n) is 5.15. The van der Waals surface area contributed by atoms with E-state index < -0.39 is 0 Å². The average Bonchev–Trinajstić information content (AvgIpc) is 3.22. The number of thiophene rings is 1. The number of carbonyl (C=O) groups excluding carboxylic acids is 1. The second kappa shape index (κ2) is 7.87. The number of nitrogens with one attached hydrogen (secondary N) is 1. The Bertz CT molecular complexity index is 642. The minimum atomic E-state index is 0.0656. The maximum Gasteiger partial charge on any atom is 0.231 e. The molecule has 0 aliphatic carbocycles. The summed E-state index contributed by atoms with van der Waals surface area (Å²) in [5.41, 5.74) is 0. The van der Waals surface area contributed by atoms with E-state index >= 15 is 0 Å². The first-order valence-corrected chi connectivity index (χ1v) is 8.51. The Hall–Kier alpha value is -2.21. The number of fused-ring (bicyclic) bond motifs is 1. The molecule has 0 saturated heterocycles. The number of hydrogen-bond acceptors (Lipinski definition) is 5. The molecule has 3 rings (SSSR count). The van der Waals surface area contributed by atoms with Gasteiger partial charge in [-0.1, -0.05) is 6.07 Å². The van der Waals surface area contributed by atoms with Crippen LogP contribution in [0.3, 0.4) is 0 Å². The van der Waals surface area contributed by atoms with Crippen molar-refractivity contribution in [3.63, 3.8) is 0 Å². The van der Waals surface area contributed by atoms with Crippen molar-refractivity contribution in [2.45, 2.75) is 19.3 Å². The van der Waals surface area contributed by atoms with E-state index in [9.17, 15) is 4.79 Å². The number of aryl methyl sites for hydroxylation is 1. The molecule has 0 radical (unpaired) electrons. The highest BCUT2D eigenvalue weighted by Gasteiger charge is 2.13. The Morgan fingerprint density at radius 1 is 1.26 bits per heavy atom. The van der Waals surface area contributed by atoms with Crippen molar-refractivity contribution in [2.75, 3.05) is 19.9 Å². The Labute approximate surface area is 139 Å². The van der Waals surface area contributed by atoms with Crippen LogP contribution in [0.15, 0.2) is 35.7 Å². The number of ether oxygens (including phenoxy) is 3. The van der Waals surface area contributed by atoms with Gasteiger partial charge in [0.1, 0.15) is 12.4 Å². The number of amides is 1. The summed E-state index contributed by atoms with van der Waals surface area (Å²) in [5.74, 6) is 2.20. The van der Waals surface area contributed by atoms with E-state index in [-0.39, 0.29) is 12.7 Å². The SMILES string of the molecule is O=C(CCCc1cccs1)NCCOc1ccc2c(c1)OCO2. The lowest BCUT2D eigenvalue weighted by Crippen LogP contribution is -2.27. The van der Waals surface area contributed by atoms with Crippen LogP contribution >= 0.6 is 11.3 Å². The molecule has 2 heterocycles. The van der Waals surface area contributed by atoms with Crippen LogP contribution in [-0.2, 0) is 11.2 Å². The van der Waals surface area contributed by atoms with Gasteiger partial charge in [0, 0.05) is 17.4 Å². The quantitative estimate of drug-likeness (QED) is 0.755. The fourth-order valence-corrected chi connectivity index (χ4v) is 3.04. The van der Waals surface area contributed by atoms with Crippen LogP contribution in [0.5, 0.6) is 17.2 Å². The van der Waals surface area contributed by atoms with E-state index in [4.69, 9.17) is 14.2 Å². The van der Waals surface area contributed by atoms with Crippen LogP contribution in [0.4, 0.5) is 0 Å². The molecule has 1 amide bonds. The molecule has 1 aliphatic heterocycles. The van der Waals surface area contributed by atoms with Crippen LogP contribution in [0.1, 0.15) is 17.7 Å². The molecule has 0 atom stereocenters. The molecule has 23 heavy (non-hydrogen) atoms. The summed E-state index contributed by atoms with van der Waals surface area (Å²) in [6, 6.07) is 9.58. The summed E-state index contributed by atoms with van der Waals surface area (Å²) in [6.45, 7) is 1.17. The van der Waals surface area contributed by atoms with Crippen molar-refractivity contribution in [2.24, 2.45) is 0 Å². The summed E-state index contributed by atoms with van der Waals surface area (Å²) < 4.78 is 16.1. The Balaban J connectivity index is 1.29. The van der Waals surface area contributed by atoms with E-state index in [0.717, 1.165) is 18.6 Å². The summed E-state index contributed by atoms with van der Waals surface area (Å²) >= 11 is 1.73. The lowest BCUT2D eigenvalue weighted by Gasteiger charge is -2.08. The van der Waals surface area contributed by atoms with Crippen LogP contribution < -0.4 is 19.5 Å². The van der Waals surface area contributed by atoms with Crippen LogP contribution in [0.2, 0.25) is 0 Å². The highest BCUT2D eigenvalue weighted by atomic mass is 32.1. The molecule has 1 aliphatic rings. The van der Waals surface area contributed by atoms with Crippen molar-refractivity contribution in [3.8, 4) is 17.2 Å². The molecule has 1 N–H and O–H groups in total. The molecule has 122 valence electrons. The third-order valence-corrected chi connectivity index (χ3v) is 4.38. The highest BCUT2D eigenvalue weighted by Crippen LogP contribution is 2.34. The van der Waals surface area contributed by atoms with E-state index in [2.05, 4.69) is 16.8 Å². The number of hydrogen-bond donors (Lipinski definition) is 1. The molecule has 0 fully saturated rings. The van der Waals surface area contributed by atoms with Gasteiger partial charge in [-0.15, -0.1) is 11.3 Å². The largest absolute Gasteiger partial charge is 0.492 e. The first-order chi connectivity index (χ1) is 11.3. The Kier molecular flexibility index (Phi) is 5.37. The summed E-state index contributed by atoms with van der Waals surface area (Å²) in [6.07, 6.45) is 2.37. The van der Waals surface area contributed by atoms with Crippen LogP contribution in [0, 0.1) is 0 Å². The predicted molar refractivity (Wildman–Crippen MR) is 88.3 cm³/mol. The van der Waals surface area contributed by atoms with E-state index in [0.29, 0.717) is 31.1 Å². The van der Waals surface area contributed by atoms with E-state index in [1.54, 1.807) is 17.4 Å². The van der Waals surface area contributed by atoms with Gasteiger partial charge in [-0.05, 0) is 36.4 Å². The lowest BCUT2D eigenvalue weighted by atomic mass is 10.2. The zero-order valence-electron chi connectivity index (χ0n) is 12.7. The maximum absolute atomic E-state index is 11.7. The first-order valence-electron chi connectivity index (χ1n) is 7.63. The summed E-state index contributed by atoms with van der Waals surface area (Å²) in [4.78, 5) is 13.1. The monoisotopic (exact) mass is 333 g/mol. The summed E-state index contributed by atoms with van der Waals surface area (Å²) in [7, 11) is 0. The zero-order valence-corrected chi connectivity index (χ0v) is 13.6. The third-order valence-electron chi connectivity index (χ3n) is 3.44. The molecular formula is C17H19NO4S. The molecule has 0 unspecified atom stereocenters. The minimum Gasteiger partial charge on any atom is -0.492 e. The van der Waals surface area contributed by atoms with Crippen molar-refractivity contribution < 1.29 is 19.0 Å². The van der Waals surface area contributed by atoms with Crippen molar-refractivity contribution in [1.82, 2.24) is 5.32 Å². The van der Waals surface area contributed by atoms with Gasteiger partial charge >= 0.3 is 0 Å². The van der Waals surface area contributed by atoms with Crippen molar-refractivity contribution in [1.29, 1.82) is 0 Å². The molecule has 1 aromatic heterocycles. The Morgan fingerprint density at radius 3 is 3.04 bits per heavy atom. The van der Waals surface area contributed by atoms with Crippen LogP contribution in [0.25, 0.3) is 0 Å². The van der Waals surface area contributed by atoms with Gasteiger partial charge in [0.05, 0.1) is 6.54 Å². The van der Waals surface area contributed by atoms with Gasteiger partial charge in [0.25, 0.3) is 0 Å². The van der Waals surface area contributed by atoms with Crippen molar-refractivity contribution in [3.05, 3.63) is 40.6 Å². The molecular weight excluding hydrogens is 314 g/mol. The third kappa shape index (κ3) is 4.63. The van der Waals surface area contributed by atoms with Gasteiger partial charge < -0.3 is 19.5 Å². The molecule has 0 bridgehead atoms. The molecule has 2 aromatic rings. The van der Waals surface area contributed by atoms with Crippen LogP contribution in [-0.4, -0.2) is 25.9 Å². The van der Waals surface area contributed by atoms with Gasteiger partial charge in [-0.3, -0.25) is 4.79 Å².